The minimum atomic E-state index is -2.46. The van der Waals surface area contributed by atoms with E-state index in [1.54, 1.807) is 12.4 Å². The number of aryl methyl sites for hydroxylation is 1. The Kier molecular flexibility index (Phi) is 6.50. The van der Waals surface area contributed by atoms with Gasteiger partial charge >= 0.3 is 0 Å². The Bertz CT molecular complexity index is 1580. The standard InChI is InChI=1S/C29H30F2N6O2/c1-17-11-21(3-4-22(17)18-6-9-37(10-7-18)16-20-13-29(20,30)31)34-27-26-19(5-8-33-28(26)38)12-23(36-27)24-14-32-15-25(35-24)39-2/h3-5,8,11-12,14-15,18,20H,6-7,9-10,13,16H2,1-2H3,(H,33,38)(H,34,36). The van der Waals surface area contributed by atoms with Gasteiger partial charge in [-0.2, -0.15) is 0 Å². The van der Waals surface area contributed by atoms with E-state index in [1.807, 2.05) is 18.2 Å². The second-order valence-corrected chi connectivity index (χ2v) is 10.5. The van der Waals surface area contributed by atoms with Gasteiger partial charge in [0.1, 0.15) is 11.5 Å². The van der Waals surface area contributed by atoms with Crippen molar-refractivity contribution in [2.45, 2.75) is 38.0 Å². The summed E-state index contributed by atoms with van der Waals surface area (Å²) in [6.07, 6.45) is 6.68. The number of hydrogen-bond donors (Lipinski definition) is 2. The lowest BCUT2D eigenvalue weighted by Crippen LogP contribution is -2.35. The van der Waals surface area contributed by atoms with Crippen LogP contribution in [0.3, 0.4) is 0 Å². The van der Waals surface area contributed by atoms with Gasteiger partial charge in [0.25, 0.3) is 11.5 Å². The summed E-state index contributed by atoms with van der Waals surface area (Å²) < 4.78 is 31.9. The SMILES string of the molecule is COc1cncc(-c2cc3cc[nH]c(=O)c3c(Nc3ccc(C4CCN(CC5CC5(F)F)CC4)c(C)c3)n2)n1. The number of pyridine rings is 2. The Hall–Kier alpha value is -3.92. The summed E-state index contributed by atoms with van der Waals surface area (Å²) in [6, 6.07) is 9.82. The molecular weight excluding hydrogens is 502 g/mol. The van der Waals surface area contributed by atoms with Crippen molar-refractivity contribution in [3.05, 3.63) is 70.4 Å². The molecule has 8 nitrogen and oxygen atoms in total. The molecule has 202 valence electrons. The monoisotopic (exact) mass is 532 g/mol. The number of ether oxygens (including phenoxy) is 1. The number of nitrogens with one attached hydrogen (secondary N) is 2. The van der Waals surface area contributed by atoms with Crippen LogP contribution in [0.1, 0.15) is 36.3 Å². The fraction of sp³-hybridized carbons (Fsp3) is 0.379. The van der Waals surface area contributed by atoms with Crippen LogP contribution in [0, 0.1) is 12.8 Å². The van der Waals surface area contributed by atoms with Crippen molar-refractivity contribution in [1.29, 1.82) is 0 Å². The number of aromatic nitrogens is 4. The molecule has 4 heterocycles. The van der Waals surface area contributed by atoms with Gasteiger partial charge in [0, 0.05) is 30.8 Å². The maximum absolute atomic E-state index is 13.3. The minimum absolute atomic E-state index is 0.0341. The third-order valence-electron chi connectivity index (χ3n) is 7.83. The lowest BCUT2D eigenvalue weighted by atomic mass is 9.86. The molecule has 1 aliphatic carbocycles. The first kappa shape index (κ1) is 25.4. The van der Waals surface area contributed by atoms with Gasteiger partial charge in [-0.25, -0.2) is 18.7 Å². The molecule has 4 aromatic rings. The molecule has 2 aliphatic rings. The molecule has 0 bridgehead atoms. The smallest absolute Gasteiger partial charge is 0.259 e. The third kappa shape index (κ3) is 5.21. The highest BCUT2D eigenvalue weighted by atomic mass is 19.3. The van der Waals surface area contributed by atoms with Crippen molar-refractivity contribution in [2.75, 3.05) is 32.1 Å². The first-order chi connectivity index (χ1) is 18.8. The quantitative estimate of drug-likeness (QED) is 0.335. The van der Waals surface area contributed by atoms with E-state index in [9.17, 15) is 13.6 Å². The molecule has 0 spiro atoms. The zero-order chi connectivity index (χ0) is 27.1. The summed E-state index contributed by atoms with van der Waals surface area (Å²) in [6.45, 7) is 4.27. The molecule has 1 unspecified atom stereocenters. The lowest BCUT2D eigenvalue weighted by Gasteiger charge is -2.33. The zero-order valence-electron chi connectivity index (χ0n) is 21.9. The van der Waals surface area contributed by atoms with Gasteiger partial charge in [0.15, 0.2) is 0 Å². The lowest BCUT2D eigenvalue weighted by molar-refractivity contribution is 0.0831. The summed E-state index contributed by atoms with van der Waals surface area (Å²) in [5.74, 6) is -1.73. The Balaban J connectivity index is 1.24. The largest absolute Gasteiger partial charge is 0.480 e. The average Bonchev–Trinajstić information content (AvgIpc) is 3.54. The highest BCUT2D eigenvalue weighted by molar-refractivity contribution is 5.94. The second kappa shape index (κ2) is 10.00. The van der Waals surface area contributed by atoms with Crippen molar-refractivity contribution in [1.82, 2.24) is 24.8 Å². The predicted molar refractivity (Wildman–Crippen MR) is 146 cm³/mol. The number of fused-ring (bicyclic) bond motifs is 1. The van der Waals surface area contributed by atoms with E-state index in [-0.39, 0.29) is 12.0 Å². The van der Waals surface area contributed by atoms with Gasteiger partial charge in [0.05, 0.1) is 30.6 Å². The molecule has 1 saturated heterocycles. The van der Waals surface area contributed by atoms with Crippen molar-refractivity contribution in [3.8, 4) is 17.3 Å². The summed E-state index contributed by atoms with van der Waals surface area (Å²) in [4.78, 5) is 31.1. The van der Waals surface area contributed by atoms with Gasteiger partial charge < -0.3 is 19.9 Å². The number of halogens is 2. The number of piperidine rings is 1. The average molecular weight is 533 g/mol. The highest BCUT2D eigenvalue weighted by Gasteiger charge is 2.57. The number of rotatable bonds is 7. The van der Waals surface area contributed by atoms with E-state index in [0.29, 0.717) is 40.9 Å². The number of nitrogens with zero attached hydrogens (tertiary/aromatic N) is 4. The number of anilines is 2. The van der Waals surface area contributed by atoms with Crippen LogP contribution < -0.4 is 15.6 Å². The van der Waals surface area contributed by atoms with E-state index in [1.165, 1.54) is 18.9 Å². The predicted octanol–water partition coefficient (Wildman–Crippen LogP) is 5.28. The van der Waals surface area contributed by atoms with Crippen LogP contribution in [0.5, 0.6) is 5.88 Å². The number of likely N-dealkylation sites (tertiary alicyclic amines) is 1. The van der Waals surface area contributed by atoms with Crippen molar-refractivity contribution in [3.63, 3.8) is 0 Å². The molecule has 0 radical (unpaired) electrons. The molecule has 1 saturated carbocycles. The maximum Gasteiger partial charge on any atom is 0.259 e. The van der Waals surface area contributed by atoms with Crippen LogP contribution in [0.15, 0.2) is 53.7 Å². The summed E-state index contributed by atoms with van der Waals surface area (Å²) >= 11 is 0. The van der Waals surface area contributed by atoms with E-state index in [4.69, 9.17) is 9.72 Å². The van der Waals surface area contributed by atoms with Crippen molar-refractivity contribution >= 4 is 22.3 Å². The number of aromatic amines is 1. The molecule has 3 aromatic heterocycles. The molecule has 10 heteroatoms. The molecule has 2 N–H and O–H groups in total. The van der Waals surface area contributed by atoms with E-state index in [0.717, 1.165) is 42.6 Å². The van der Waals surface area contributed by atoms with Crippen LogP contribution >= 0.6 is 0 Å². The van der Waals surface area contributed by atoms with Crippen molar-refractivity contribution in [2.24, 2.45) is 5.92 Å². The number of benzene rings is 1. The summed E-state index contributed by atoms with van der Waals surface area (Å²) in [7, 11) is 1.53. The van der Waals surface area contributed by atoms with Gasteiger partial charge in [0.2, 0.25) is 5.88 Å². The highest BCUT2D eigenvalue weighted by Crippen LogP contribution is 2.49. The molecule has 39 heavy (non-hydrogen) atoms. The number of H-pyrrole nitrogens is 1. The minimum Gasteiger partial charge on any atom is -0.480 e. The van der Waals surface area contributed by atoms with Crippen LogP contribution in [0.2, 0.25) is 0 Å². The first-order valence-electron chi connectivity index (χ1n) is 13.2. The molecule has 1 atom stereocenters. The molecule has 6 rings (SSSR count). The molecular formula is C29H30F2N6O2. The van der Waals surface area contributed by atoms with Crippen LogP contribution in [0.4, 0.5) is 20.3 Å². The number of alkyl halides is 2. The Morgan fingerprint density at radius 1 is 1.13 bits per heavy atom. The zero-order valence-corrected chi connectivity index (χ0v) is 21.9. The Morgan fingerprint density at radius 3 is 2.64 bits per heavy atom. The molecule has 1 aliphatic heterocycles. The molecule has 0 amide bonds. The fourth-order valence-electron chi connectivity index (χ4n) is 5.56. The second-order valence-electron chi connectivity index (χ2n) is 10.5. The normalized spacial score (nSPS) is 19.2. The summed E-state index contributed by atoms with van der Waals surface area (Å²) in [5, 5.41) is 4.52. The fourth-order valence-corrected chi connectivity index (χ4v) is 5.56. The number of methoxy groups -OCH3 is 1. The van der Waals surface area contributed by atoms with Gasteiger partial charge in [-0.1, -0.05) is 6.07 Å². The van der Waals surface area contributed by atoms with E-state index < -0.39 is 11.8 Å². The van der Waals surface area contributed by atoms with Gasteiger partial charge in [-0.15, -0.1) is 0 Å². The van der Waals surface area contributed by atoms with E-state index >= 15 is 0 Å². The Morgan fingerprint density at radius 2 is 1.92 bits per heavy atom. The topological polar surface area (TPSA) is 96.0 Å². The molecule has 1 aromatic carbocycles. The van der Waals surface area contributed by atoms with Crippen molar-refractivity contribution < 1.29 is 13.5 Å². The first-order valence-corrected chi connectivity index (χ1v) is 13.2. The third-order valence-corrected chi connectivity index (χ3v) is 7.83. The van der Waals surface area contributed by atoms with Crippen LogP contribution in [-0.2, 0) is 0 Å². The van der Waals surface area contributed by atoms with Crippen LogP contribution in [0.25, 0.3) is 22.2 Å². The van der Waals surface area contributed by atoms with Gasteiger partial charge in [-0.05, 0) is 79.6 Å². The maximum atomic E-state index is 13.3. The number of hydrogen-bond acceptors (Lipinski definition) is 7. The molecule has 2 fully saturated rings. The Labute approximate surface area is 224 Å². The van der Waals surface area contributed by atoms with Gasteiger partial charge in [-0.3, -0.25) is 9.78 Å². The van der Waals surface area contributed by atoms with E-state index in [2.05, 4.69) is 44.2 Å². The summed E-state index contributed by atoms with van der Waals surface area (Å²) in [5.41, 5.74) is 4.08. The van der Waals surface area contributed by atoms with Crippen LogP contribution in [-0.4, -0.2) is 57.5 Å².